The maximum absolute atomic E-state index is 6.07. The van der Waals surface area contributed by atoms with Crippen LogP contribution in [-0.4, -0.2) is 44.7 Å². The third kappa shape index (κ3) is 5.72. The zero-order valence-corrected chi connectivity index (χ0v) is 12.1. The summed E-state index contributed by atoms with van der Waals surface area (Å²) in [5, 5.41) is 3.57. The lowest BCUT2D eigenvalue weighted by Gasteiger charge is -2.19. The Bertz CT molecular complexity index is 349. The molecule has 0 amide bonds. The Hall–Kier alpha value is -0.900. The summed E-state index contributed by atoms with van der Waals surface area (Å²) < 4.78 is 6.07. The molecule has 0 bridgehead atoms. The number of benzene rings is 1. The number of nitrogens with zero attached hydrogens (tertiary/aromatic N) is 1. The summed E-state index contributed by atoms with van der Waals surface area (Å²) in [6, 6.07) is 11.3. The molecule has 1 aromatic rings. The van der Waals surface area contributed by atoms with Gasteiger partial charge in [-0.1, -0.05) is 30.3 Å². The van der Waals surface area contributed by atoms with E-state index in [1.54, 1.807) is 0 Å². The van der Waals surface area contributed by atoms with Gasteiger partial charge in [-0.25, -0.2) is 0 Å². The lowest BCUT2D eigenvalue weighted by Crippen LogP contribution is -2.26. The summed E-state index contributed by atoms with van der Waals surface area (Å²) >= 11 is 0. The molecule has 106 valence electrons. The fourth-order valence-corrected chi connectivity index (χ4v) is 2.11. The quantitative estimate of drug-likeness (QED) is 0.692. The molecule has 0 saturated heterocycles. The van der Waals surface area contributed by atoms with Crippen molar-refractivity contribution in [3.05, 3.63) is 35.9 Å². The van der Waals surface area contributed by atoms with E-state index in [4.69, 9.17) is 4.74 Å². The van der Waals surface area contributed by atoms with Gasteiger partial charge in [0, 0.05) is 19.2 Å². The van der Waals surface area contributed by atoms with Crippen molar-refractivity contribution in [3.8, 4) is 0 Å². The van der Waals surface area contributed by atoms with Crippen LogP contribution in [-0.2, 0) is 4.74 Å². The van der Waals surface area contributed by atoms with Gasteiger partial charge in [0.2, 0.25) is 0 Å². The summed E-state index contributed by atoms with van der Waals surface area (Å²) in [5.41, 5.74) is 1.28. The van der Waals surface area contributed by atoms with E-state index in [1.165, 1.54) is 18.4 Å². The lowest BCUT2D eigenvalue weighted by atomic mass is 10.1. The zero-order valence-electron chi connectivity index (χ0n) is 12.1. The van der Waals surface area contributed by atoms with E-state index in [-0.39, 0.29) is 6.10 Å². The molecule has 3 nitrogen and oxygen atoms in total. The Morgan fingerprint density at radius 2 is 2.00 bits per heavy atom. The molecular weight excluding hydrogens is 236 g/mol. The second kappa shape index (κ2) is 7.63. The molecule has 3 heteroatoms. The number of rotatable bonds is 9. The van der Waals surface area contributed by atoms with Crippen LogP contribution in [0.1, 0.15) is 30.9 Å². The predicted octanol–water partition coefficient (Wildman–Crippen LogP) is 2.45. The molecule has 19 heavy (non-hydrogen) atoms. The normalized spacial score (nSPS) is 16.8. The van der Waals surface area contributed by atoms with Crippen LogP contribution in [0.25, 0.3) is 0 Å². The van der Waals surface area contributed by atoms with Crippen LogP contribution in [0, 0.1) is 0 Å². The number of nitrogens with one attached hydrogen (secondary N) is 1. The van der Waals surface area contributed by atoms with Crippen molar-refractivity contribution < 1.29 is 4.74 Å². The molecule has 0 spiro atoms. The van der Waals surface area contributed by atoms with Crippen molar-refractivity contribution >= 4 is 0 Å². The van der Waals surface area contributed by atoms with Gasteiger partial charge in [0.25, 0.3) is 0 Å². The number of hydrogen-bond donors (Lipinski definition) is 1. The molecule has 2 rings (SSSR count). The summed E-state index contributed by atoms with van der Waals surface area (Å²) in [5.74, 6) is 0. The van der Waals surface area contributed by atoms with Gasteiger partial charge < -0.3 is 15.0 Å². The van der Waals surface area contributed by atoms with Gasteiger partial charge in [-0.15, -0.1) is 0 Å². The highest BCUT2D eigenvalue weighted by Gasteiger charge is 2.22. The predicted molar refractivity (Wildman–Crippen MR) is 79.3 cm³/mol. The number of hydrogen-bond acceptors (Lipinski definition) is 3. The first-order chi connectivity index (χ1) is 9.25. The molecule has 1 N–H and O–H groups in total. The van der Waals surface area contributed by atoms with Crippen LogP contribution >= 0.6 is 0 Å². The Balaban J connectivity index is 1.79. The van der Waals surface area contributed by atoms with E-state index >= 15 is 0 Å². The zero-order chi connectivity index (χ0) is 13.5. The first kappa shape index (κ1) is 14.5. The smallest absolute Gasteiger partial charge is 0.0949 e. The molecule has 1 aliphatic carbocycles. The van der Waals surface area contributed by atoms with Crippen LogP contribution in [0.4, 0.5) is 0 Å². The average Bonchev–Trinajstić information content (AvgIpc) is 3.23. The van der Waals surface area contributed by atoms with E-state index in [9.17, 15) is 0 Å². The highest BCUT2D eigenvalue weighted by atomic mass is 16.5. The van der Waals surface area contributed by atoms with Gasteiger partial charge in [-0.3, -0.25) is 0 Å². The standard InChI is InChI=1S/C16H26N2O/c1-18(2)11-6-12-19-16(13-17-15-9-10-15)14-7-4-3-5-8-14/h3-5,7-8,15-17H,6,9-13H2,1-2H3. The Morgan fingerprint density at radius 3 is 2.63 bits per heavy atom. The van der Waals surface area contributed by atoms with Crippen LogP contribution < -0.4 is 5.32 Å². The third-order valence-corrected chi connectivity index (χ3v) is 3.41. The lowest BCUT2D eigenvalue weighted by molar-refractivity contribution is 0.0478. The van der Waals surface area contributed by atoms with Gasteiger partial charge >= 0.3 is 0 Å². The van der Waals surface area contributed by atoms with Crippen molar-refractivity contribution in [1.29, 1.82) is 0 Å². The molecule has 1 aromatic carbocycles. The topological polar surface area (TPSA) is 24.5 Å². The maximum atomic E-state index is 6.07. The highest BCUT2D eigenvalue weighted by molar-refractivity contribution is 5.18. The minimum atomic E-state index is 0.184. The molecule has 1 atom stereocenters. The van der Waals surface area contributed by atoms with E-state index < -0.39 is 0 Å². The van der Waals surface area contributed by atoms with E-state index in [2.05, 4.69) is 54.6 Å². The summed E-state index contributed by atoms with van der Waals surface area (Å²) in [6.07, 6.45) is 3.91. The first-order valence-corrected chi connectivity index (χ1v) is 7.30. The Labute approximate surface area is 116 Å². The van der Waals surface area contributed by atoms with Gasteiger partial charge in [0.15, 0.2) is 0 Å². The Morgan fingerprint density at radius 1 is 1.26 bits per heavy atom. The van der Waals surface area contributed by atoms with Crippen molar-refractivity contribution in [2.75, 3.05) is 33.8 Å². The fraction of sp³-hybridized carbons (Fsp3) is 0.625. The largest absolute Gasteiger partial charge is 0.372 e. The molecular formula is C16H26N2O. The molecule has 1 aliphatic rings. The monoisotopic (exact) mass is 262 g/mol. The van der Waals surface area contributed by atoms with Gasteiger partial charge in [-0.05, 0) is 45.5 Å². The van der Waals surface area contributed by atoms with Crippen molar-refractivity contribution in [1.82, 2.24) is 10.2 Å². The van der Waals surface area contributed by atoms with Crippen molar-refractivity contribution in [3.63, 3.8) is 0 Å². The van der Waals surface area contributed by atoms with Crippen molar-refractivity contribution in [2.45, 2.75) is 31.4 Å². The number of ether oxygens (including phenoxy) is 1. The van der Waals surface area contributed by atoms with Gasteiger partial charge in [-0.2, -0.15) is 0 Å². The average molecular weight is 262 g/mol. The van der Waals surface area contributed by atoms with E-state index in [0.717, 1.165) is 32.2 Å². The first-order valence-electron chi connectivity index (χ1n) is 7.30. The van der Waals surface area contributed by atoms with Crippen LogP contribution in [0.3, 0.4) is 0 Å². The molecule has 0 aliphatic heterocycles. The summed E-state index contributed by atoms with van der Waals surface area (Å²) in [7, 11) is 4.20. The molecule has 0 heterocycles. The second-order valence-corrected chi connectivity index (χ2v) is 5.61. The molecule has 1 unspecified atom stereocenters. The third-order valence-electron chi connectivity index (χ3n) is 3.41. The molecule has 1 saturated carbocycles. The van der Waals surface area contributed by atoms with E-state index in [0.29, 0.717) is 0 Å². The minimum Gasteiger partial charge on any atom is -0.372 e. The summed E-state index contributed by atoms with van der Waals surface area (Å²) in [4.78, 5) is 2.20. The Kier molecular flexibility index (Phi) is 5.83. The maximum Gasteiger partial charge on any atom is 0.0949 e. The SMILES string of the molecule is CN(C)CCCOC(CNC1CC1)c1ccccc1. The molecule has 1 fully saturated rings. The van der Waals surface area contributed by atoms with Crippen LogP contribution in [0.2, 0.25) is 0 Å². The molecule has 0 aromatic heterocycles. The summed E-state index contributed by atoms with van der Waals surface area (Å²) in [6.45, 7) is 2.83. The van der Waals surface area contributed by atoms with E-state index in [1.807, 2.05) is 0 Å². The second-order valence-electron chi connectivity index (χ2n) is 5.61. The molecule has 0 radical (unpaired) electrons. The minimum absolute atomic E-state index is 0.184. The van der Waals surface area contributed by atoms with Gasteiger partial charge in [0.05, 0.1) is 6.10 Å². The van der Waals surface area contributed by atoms with Crippen LogP contribution in [0.5, 0.6) is 0 Å². The van der Waals surface area contributed by atoms with Crippen LogP contribution in [0.15, 0.2) is 30.3 Å². The van der Waals surface area contributed by atoms with Crippen molar-refractivity contribution in [2.24, 2.45) is 0 Å². The van der Waals surface area contributed by atoms with Gasteiger partial charge in [0.1, 0.15) is 0 Å². The fourth-order valence-electron chi connectivity index (χ4n) is 2.11. The highest BCUT2D eigenvalue weighted by Crippen LogP contribution is 2.22.